The van der Waals surface area contributed by atoms with E-state index in [0.717, 1.165) is 28.2 Å². The lowest BCUT2D eigenvalue weighted by Crippen LogP contribution is -2.12. The summed E-state index contributed by atoms with van der Waals surface area (Å²) in [5, 5.41) is 10.3. The number of methoxy groups -OCH3 is 1. The van der Waals surface area contributed by atoms with Gasteiger partial charge in [-0.2, -0.15) is 0 Å². The molecule has 5 heterocycles. The zero-order valence-corrected chi connectivity index (χ0v) is 26.5. The molecular formula is C31H33N9O3S2. The van der Waals surface area contributed by atoms with Crippen molar-refractivity contribution in [2.75, 3.05) is 17.7 Å². The molecule has 0 aliphatic rings. The van der Waals surface area contributed by atoms with E-state index in [0.29, 0.717) is 27.1 Å². The monoisotopic (exact) mass is 643 g/mol. The van der Waals surface area contributed by atoms with Gasteiger partial charge in [-0.05, 0) is 43.3 Å². The van der Waals surface area contributed by atoms with Crippen LogP contribution in [0.3, 0.4) is 0 Å². The second kappa shape index (κ2) is 16.4. The maximum absolute atomic E-state index is 12.1. The lowest BCUT2D eigenvalue weighted by atomic mass is 10.2. The molecule has 5 aromatic heterocycles. The number of hydrogen-bond donors (Lipinski definition) is 2. The zero-order chi connectivity index (χ0) is 32.0. The summed E-state index contributed by atoms with van der Waals surface area (Å²) in [5.74, 6) is 0.262. The van der Waals surface area contributed by atoms with Crippen LogP contribution in [0.5, 0.6) is 5.75 Å². The maximum Gasteiger partial charge on any atom is 0.259 e. The average Bonchev–Trinajstić information content (AvgIpc) is 3.77. The van der Waals surface area contributed by atoms with Crippen LogP contribution in [0, 0.1) is 6.92 Å². The van der Waals surface area contributed by atoms with Gasteiger partial charge in [-0.25, -0.2) is 29.9 Å². The summed E-state index contributed by atoms with van der Waals surface area (Å²) in [5.41, 5.74) is 5.00. The Morgan fingerprint density at radius 3 is 1.60 bits per heavy atom. The zero-order valence-electron chi connectivity index (χ0n) is 24.8. The van der Waals surface area contributed by atoms with Gasteiger partial charge in [0.2, 0.25) is 0 Å². The number of aryl methyl sites for hydroxylation is 1. The van der Waals surface area contributed by atoms with E-state index in [1.807, 2.05) is 31.5 Å². The number of ether oxygens (including phenoxy) is 1. The van der Waals surface area contributed by atoms with E-state index in [1.165, 1.54) is 35.3 Å². The summed E-state index contributed by atoms with van der Waals surface area (Å²) >= 11 is 2.70. The molecule has 2 N–H and O–H groups in total. The van der Waals surface area contributed by atoms with Crippen molar-refractivity contribution in [1.29, 1.82) is 0 Å². The highest BCUT2D eigenvalue weighted by Gasteiger charge is 2.12. The van der Waals surface area contributed by atoms with Crippen molar-refractivity contribution >= 4 is 44.8 Å². The van der Waals surface area contributed by atoms with Gasteiger partial charge >= 0.3 is 0 Å². The molecule has 0 spiro atoms. The number of carbonyl (C=O) groups excluding carboxylic acids is 2. The molecule has 45 heavy (non-hydrogen) atoms. The lowest BCUT2D eigenvalue weighted by Gasteiger charge is -2.03. The molecule has 0 aliphatic carbocycles. The molecule has 0 bridgehead atoms. The summed E-state index contributed by atoms with van der Waals surface area (Å²) < 4.78 is 5.07. The Morgan fingerprint density at radius 2 is 1.16 bits per heavy atom. The molecule has 0 fully saturated rings. The van der Waals surface area contributed by atoms with E-state index < -0.39 is 0 Å². The Kier molecular flexibility index (Phi) is 11.8. The third-order valence-corrected chi connectivity index (χ3v) is 7.20. The highest BCUT2D eigenvalue weighted by Crippen LogP contribution is 2.25. The molecule has 12 nitrogen and oxygen atoms in total. The summed E-state index contributed by atoms with van der Waals surface area (Å²) in [6.45, 7) is 5.87. The minimum atomic E-state index is -0.229. The van der Waals surface area contributed by atoms with Crippen molar-refractivity contribution in [3.63, 3.8) is 0 Å². The fraction of sp³-hybridized carbons (Fsp3) is 0.129. The third-order valence-electron chi connectivity index (χ3n) is 5.69. The number of hydrogen-bond acceptors (Lipinski definition) is 12. The van der Waals surface area contributed by atoms with Gasteiger partial charge in [0.05, 0.1) is 24.1 Å². The van der Waals surface area contributed by atoms with Gasteiger partial charge in [-0.3, -0.25) is 25.2 Å². The summed E-state index contributed by atoms with van der Waals surface area (Å²) in [4.78, 5) is 52.8. The normalized spacial score (nSPS) is 9.96. The number of benzene rings is 1. The highest BCUT2D eigenvalue weighted by molar-refractivity contribution is 7.14. The van der Waals surface area contributed by atoms with E-state index in [2.05, 4.69) is 45.5 Å². The van der Waals surface area contributed by atoms with Gasteiger partial charge in [-0.15, -0.1) is 22.7 Å². The van der Waals surface area contributed by atoms with Gasteiger partial charge in [0.1, 0.15) is 18.4 Å². The number of anilines is 2. The van der Waals surface area contributed by atoms with Crippen LogP contribution in [0.25, 0.3) is 22.5 Å². The molecule has 0 atom stereocenters. The molecule has 2 amide bonds. The van der Waals surface area contributed by atoms with Crippen LogP contribution in [0.4, 0.5) is 10.3 Å². The molecule has 0 radical (unpaired) electrons. The Labute approximate surface area is 270 Å². The van der Waals surface area contributed by atoms with Gasteiger partial charge in [0.25, 0.3) is 11.8 Å². The number of carbonyl (C=O) groups is 2. The van der Waals surface area contributed by atoms with Crippen molar-refractivity contribution in [1.82, 2.24) is 34.9 Å². The van der Waals surface area contributed by atoms with E-state index in [9.17, 15) is 9.59 Å². The molecule has 14 heteroatoms. The Balaban J connectivity index is 0.000000299. The topological polar surface area (TPSA) is 158 Å². The third kappa shape index (κ3) is 9.26. The van der Waals surface area contributed by atoms with Crippen LogP contribution in [0.15, 0.2) is 90.8 Å². The SMILES string of the molecule is CC.COc1ccc(C(=O)Nc2nc(-c3cncnc3)cs2)cc1.Cc1ccc(C(=O)Nc2nc(-c3cncnc3)cs2)cn1.[HH].[HH]. The lowest BCUT2D eigenvalue weighted by molar-refractivity contribution is 0.101. The summed E-state index contributed by atoms with van der Waals surface area (Å²) in [6, 6.07) is 10.4. The predicted molar refractivity (Wildman–Crippen MR) is 180 cm³/mol. The van der Waals surface area contributed by atoms with Crippen molar-refractivity contribution in [2.24, 2.45) is 0 Å². The smallest absolute Gasteiger partial charge is 0.259 e. The van der Waals surface area contributed by atoms with Gasteiger partial charge < -0.3 is 4.74 Å². The summed E-state index contributed by atoms with van der Waals surface area (Å²) in [7, 11) is 1.58. The first-order valence-corrected chi connectivity index (χ1v) is 15.4. The first-order valence-electron chi connectivity index (χ1n) is 13.6. The average molecular weight is 644 g/mol. The second-order valence-corrected chi connectivity index (χ2v) is 10.4. The van der Waals surface area contributed by atoms with E-state index in [4.69, 9.17) is 4.74 Å². The number of nitrogens with zero attached hydrogens (tertiary/aromatic N) is 7. The minimum Gasteiger partial charge on any atom is -0.497 e. The van der Waals surface area contributed by atoms with E-state index in [-0.39, 0.29) is 14.7 Å². The van der Waals surface area contributed by atoms with Crippen LogP contribution >= 0.6 is 22.7 Å². The van der Waals surface area contributed by atoms with Gasteiger partial charge in [-0.1, -0.05) is 13.8 Å². The number of pyridine rings is 1. The van der Waals surface area contributed by atoms with Gasteiger partial charge in [0, 0.05) is 67.0 Å². The second-order valence-electron chi connectivity index (χ2n) is 8.66. The molecule has 0 saturated heterocycles. The molecule has 6 aromatic rings. The van der Waals surface area contributed by atoms with Crippen molar-refractivity contribution in [2.45, 2.75) is 20.8 Å². The van der Waals surface area contributed by atoms with Crippen LogP contribution < -0.4 is 15.4 Å². The van der Waals surface area contributed by atoms with Crippen LogP contribution in [0.2, 0.25) is 0 Å². The Morgan fingerprint density at radius 1 is 0.689 bits per heavy atom. The van der Waals surface area contributed by atoms with Crippen LogP contribution in [-0.2, 0) is 0 Å². The largest absolute Gasteiger partial charge is 0.497 e. The number of rotatable bonds is 7. The first kappa shape index (κ1) is 32.4. The van der Waals surface area contributed by atoms with E-state index in [1.54, 1.807) is 74.5 Å². The Bertz CT molecular complexity index is 1810. The number of amides is 2. The van der Waals surface area contributed by atoms with Crippen molar-refractivity contribution < 1.29 is 17.2 Å². The first-order chi connectivity index (χ1) is 22.0. The summed E-state index contributed by atoms with van der Waals surface area (Å²) in [6.07, 6.45) is 11.2. The standard InChI is InChI=1S/C15H12N4O2S.C14H11N5OS.C2H6.2H2/c1-21-12-4-2-10(3-5-12)14(20)19-15-18-13(8-22-15)11-6-16-9-17-7-11;1-9-2-3-10(6-17-9)13(20)19-14-18-12(7-21-14)11-4-15-8-16-5-11;1-2;;/h2-9H,1H3,(H,18,19,20);2-8H,1H3,(H,18,19,20);1-2H3;2*1H. The molecule has 0 unspecified atom stereocenters. The fourth-order valence-electron chi connectivity index (χ4n) is 3.47. The number of aromatic nitrogens is 7. The minimum absolute atomic E-state index is 0. The van der Waals surface area contributed by atoms with Crippen LogP contribution in [-0.4, -0.2) is 53.8 Å². The van der Waals surface area contributed by atoms with E-state index >= 15 is 0 Å². The molecule has 6 rings (SSSR count). The highest BCUT2D eigenvalue weighted by atomic mass is 32.1. The van der Waals surface area contributed by atoms with Gasteiger partial charge in [0.15, 0.2) is 10.3 Å². The van der Waals surface area contributed by atoms with Crippen molar-refractivity contribution in [3.05, 3.63) is 108 Å². The predicted octanol–water partition coefficient (Wildman–Crippen LogP) is 6.94. The quantitative estimate of drug-likeness (QED) is 0.187. The molecule has 232 valence electrons. The molecular weight excluding hydrogens is 611 g/mol. The maximum atomic E-state index is 12.1. The molecule has 1 aromatic carbocycles. The van der Waals surface area contributed by atoms with Crippen molar-refractivity contribution in [3.8, 4) is 28.3 Å². The number of nitrogens with one attached hydrogen (secondary N) is 2. The molecule has 0 aliphatic heterocycles. The molecule has 0 saturated carbocycles. The van der Waals surface area contributed by atoms with Crippen LogP contribution in [0.1, 0.15) is 43.1 Å². The number of thiazole rings is 2. The Hall–Kier alpha value is -5.47. The fourth-order valence-corrected chi connectivity index (χ4v) is 4.90.